The molecule has 1 saturated heterocycles. The Morgan fingerprint density at radius 3 is 2.44 bits per heavy atom. The lowest BCUT2D eigenvalue weighted by atomic mass is 9.90. The molecule has 16 heavy (non-hydrogen) atoms. The van der Waals surface area contributed by atoms with Crippen molar-refractivity contribution in [2.45, 2.75) is 25.4 Å². The van der Waals surface area contributed by atoms with Gasteiger partial charge >= 0.3 is 0 Å². The molecule has 1 fully saturated rings. The Bertz CT molecular complexity index is 317. The molecule has 0 spiro atoms. The van der Waals surface area contributed by atoms with E-state index in [1.807, 2.05) is 0 Å². The van der Waals surface area contributed by atoms with Gasteiger partial charge in [-0.3, -0.25) is 0 Å². The summed E-state index contributed by atoms with van der Waals surface area (Å²) in [7, 11) is 0. The number of alkyl halides is 1. The molecule has 88 valence electrons. The molecule has 1 aromatic rings. The Balaban J connectivity index is 1.91. The van der Waals surface area contributed by atoms with Crippen LogP contribution in [0.15, 0.2) is 24.3 Å². The lowest BCUT2D eigenvalue weighted by molar-refractivity contribution is 0.240. The number of piperidine rings is 1. The van der Waals surface area contributed by atoms with Gasteiger partial charge < -0.3 is 5.32 Å². The Morgan fingerprint density at radius 1 is 1.19 bits per heavy atom. The summed E-state index contributed by atoms with van der Waals surface area (Å²) in [4.78, 5) is 0. The molecule has 0 amide bonds. The van der Waals surface area contributed by atoms with Crippen molar-refractivity contribution in [3.8, 4) is 0 Å². The van der Waals surface area contributed by atoms with Gasteiger partial charge in [-0.1, -0.05) is 12.1 Å². The molecular formula is C13H17F2N. The van der Waals surface area contributed by atoms with Gasteiger partial charge in [0, 0.05) is 0 Å². The molecule has 0 bridgehead atoms. The third kappa shape index (κ3) is 3.01. The minimum absolute atomic E-state index is 0.308. The van der Waals surface area contributed by atoms with Crippen molar-refractivity contribution >= 4 is 0 Å². The summed E-state index contributed by atoms with van der Waals surface area (Å²) in [6, 6.07) is 5.73. The van der Waals surface area contributed by atoms with Crippen LogP contribution >= 0.6 is 0 Å². The van der Waals surface area contributed by atoms with Gasteiger partial charge in [-0.2, -0.15) is 0 Å². The SMILES string of the molecule is Fc1ccc(C(F)CC2CCNCC2)cc1. The standard InChI is InChI=1S/C13H17F2N/c14-12-3-1-11(2-4-12)13(15)9-10-5-7-16-8-6-10/h1-4,10,13,16H,5-9H2. The van der Waals surface area contributed by atoms with Crippen molar-refractivity contribution in [1.29, 1.82) is 0 Å². The van der Waals surface area contributed by atoms with Gasteiger partial charge in [0.2, 0.25) is 0 Å². The van der Waals surface area contributed by atoms with Gasteiger partial charge in [-0.25, -0.2) is 8.78 Å². The van der Waals surface area contributed by atoms with E-state index in [1.165, 1.54) is 12.1 Å². The Labute approximate surface area is 94.9 Å². The maximum absolute atomic E-state index is 13.9. The summed E-state index contributed by atoms with van der Waals surface area (Å²) < 4.78 is 26.6. The van der Waals surface area contributed by atoms with Gasteiger partial charge in [0.1, 0.15) is 12.0 Å². The van der Waals surface area contributed by atoms with E-state index in [4.69, 9.17) is 0 Å². The molecule has 0 aromatic heterocycles. The molecule has 0 saturated carbocycles. The van der Waals surface area contributed by atoms with Crippen molar-refractivity contribution in [2.24, 2.45) is 5.92 Å². The van der Waals surface area contributed by atoms with Crippen molar-refractivity contribution in [1.82, 2.24) is 5.32 Å². The summed E-state index contributed by atoms with van der Waals surface area (Å²) in [5.41, 5.74) is 0.597. The fourth-order valence-corrected chi connectivity index (χ4v) is 2.22. The van der Waals surface area contributed by atoms with Gasteiger partial charge in [-0.15, -0.1) is 0 Å². The van der Waals surface area contributed by atoms with E-state index in [0.717, 1.165) is 25.9 Å². The molecule has 0 aliphatic carbocycles. The van der Waals surface area contributed by atoms with Crippen LogP contribution in [0, 0.1) is 11.7 Å². The van der Waals surface area contributed by atoms with Gasteiger partial charge in [0.15, 0.2) is 0 Å². The third-order valence-corrected chi connectivity index (χ3v) is 3.23. The number of rotatable bonds is 3. The van der Waals surface area contributed by atoms with Gasteiger partial charge in [0.25, 0.3) is 0 Å². The van der Waals surface area contributed by atoms with E-state index in [1.54, 1.807) is 12.1 Å². The maximum atomic E-state index is 13.9. The first-order valence-corrected chi connectivity index (χ1v) is 5.86. The lowest BCUT2D eigenvalue weighted by Gasteiger charge is -2.24. The first kappa shape index (κ1) is 11.5. The van der Waals surface area contributed by atoms with Crippen molar-refractivity contribution in [2.75, 3.05) is 13.1 Å². The molecule has 1 unspecified atom stereocenters. The van der Waals surface area contributed by atoms with Crippen LogP contribution in [0.5, 0.6) is 0 Å². The summed E-state index contributed by atoms with van der Waals surface area (Å²) in [6.07, 6.45) is 1.69. The number of benzene rings is 1. The first-order valence-electron chi connectivity index (χ1n) is 5.86. The third-order valence-electron chi connectivity index (χ3n) is 3.23. The van der Waals surface area contributed by atoms with E-state index >= 15 is 0 Å². The summed E-state index contributed by atoms with van der Waals surface area (Å²) >= 11 is 0. The molecule has 1 aromatic carbocycles. The second-order valence-electron chi connectivity index (χ2n) is 4.45. The zero-order chi connectivity index (χ0) is 11.4. The summed E-state index contributed by atoms with van der Waals surface area (Å²) in [6.45, 7) is 1.97. The average molecular weight is 225 g/mol. The lowest BCUT2D eigenvalue weighted by Crippen LogP contribution is -2.28. The molecule has 3 heteroatoms. The van der Waals surface area contributed by atoms with Gasteiger partial charge in [-0.05, 0) is 56.0 Å². The number of halogens is 2. The fraction of sp³-hybridized carbons (Fsp3) is 0.538. The smallest absolute Gasteiger partial charge is 0.125 e. The average Bonchev–Trinajstić information content (AvgIpc) is 2.31. The summed E-state index contributed by atoms with van der Waals surface area (Å²) in [5.74, 6) is 0.152. The van der Waals surface area contributed by atoms with Crippen molar-refractivity contribution in [3.63, 3.8) is 0 Å². The molecule has 1 nitrogen and oxygen atoms in total. The normalized spacial score (nSPS) is 19.6. The number of hydrogen-bond donors (Lipinski definition) is 1. The Morgan fingerprint density at radius 2 is 1.81 bits per heavy atom. The molecular weight excluding hydrogens is 208 g/mol. The van der Waals surface area contributed by atoms with Crippen molar-refractivity contribution < 1.29 is 8.78 Å². The second-order valence-corrected chi connectivity index (χ2v) is 4.45. The first-order chi connectivity index (χ1) is 7.75. The predicted molar refractivity (Wildman–Crippen MR) is 60.5 cm³/mol. The van der Waals surface area contributed by atoms with Gasteiger partial charge in [0.05, 0.1) is 0 Å². The molecule has 1 aliphatic rings. The van der Waals surface area contributed by atoms with Crippen LogP contribution in [0.1, 0.15) is 31.0 Å². The summed E-state index contributed by atoms with van der Waals surface area (Å²) in [5, 5.41) is 3.26. The van der Waals surface area contributed by atoms with E-state index < -0.39 is 6.17 Å². The molecule has 1 heterocycles. The minimum Gasteiger partial charge on any atom is -0.317 e. The molecule has 1 aliphatic heterocycles. The number of hydrogen-bond acceptors (Lipinski definition) is 1. The van der Waals surface area contributed by atoms with Crippen LogP contribution in [0.25, 0.3) is 0 Å². The Hall–Kier alpha value is -0.960. The molecule has 1 N–H and O–H groups in total. The van der Waals surface area contributed by atoms with E-state index in [0.29, 0.717) is 17.9 Å². The molecule has 0 radical (unpaired) electrons. The zero-order valence-corrected chi connectivity index (χ0v) is 9.26. The highest BCUT2D eigenvalue weighted by atomic mass is 19.1. The topological polar surface area (TPSA) is 12.0 Å². The fourth-order valence-electron chi connectivity index (χ4n) is 2.22. The quantitative estimate of drug-likeness (QED) is 0.832. The van der Waals surface area contributed by atoms with Crippen molar-refractivity contribution in [3.05, 3.63) is 35.6 Å². The highest BCUT2D eigenvalue weighted by Crippen LogP contribution is 2.29. The molecule has 1 atom stereocenters. The monoisotopic (exact) mass is 225 g/mol. The number of nitrogens with one attached hydrogen (secondary N) is 1. The second kappa shape index (κ2) is 5.39. The predicted octanol–water partition coefficient (Wildman–Crippen LogP) is 3.23. The van der Waals surface area contributed by atoms with Crippen LogP contribution in [-0.2, 0) is 0 Å². The highest BCUT2D eigenvalue weighted by Gasteiger charge is 2.19. The highest BCUT2D eigenvalue weighted by molar-refractivity contribution is 5.18. The maximum Gasteiger partial charge on any atom is 0.125 e. The van der Waals surface area contributed by atoms with Crippen LogP contribution in [0.3, 0.4) is 0 Å². The van der Waals surface area contributed by atoms with E-state index in [9.17, 15) is 8.78 Å². The van der Waals surface area contributed by atoms with Crippen LogP contribution in [0.2, 0.25) is 0 Å². The minimum atomic E-state index is -0.955. The molecule has 2 rings (SSSR count). The van der Waals surface area contributed by atoms with Crippen LogP contribution in [-0.4, -0.2) is 13.1 Å². The van der Waals surface area contributed by atoms with E-state index in [-0.39, 0.29) is 5.82 Å². The van der Waals surface area contributed by atoms with E-state index in [2.05, 4.69) is 5.32 Å². The Kier molecular flexibility index (Phi) is 3.88. The largest absolute Gasteiger partial charge is 0.317 e. The zero-order valence-electron chi connectivity index (χ0n) is 9.26. The van der Waals surface area contributed by atoms with Crippen LogP contribution < -0.4 is 5.32 Å². The van der Waals surface area contributed by atoms with Crippen LogP contribution in [0.4, 0.5) is 8.78 Å².